The lowest BCUT2D eigenvalue weighted by Crippen LogP contribution is -2.45. The summed E-state index contributed by atoms with van der Waals surface area (Å²) in [5, 5.41) is 6.62. The highest BCUT2D eigenvalue weighted by Gasteiger charge is 2.21. The fourth-order valence-electron chi connectivity index (χ4n) is 2.78. The largest absolute Gasteiger partial charge is 0.376 e. The minimum Gasteiger partial charge on any atom is -0.376 e. The van der Waals surface area contributed by atoms with E-state index >= 15 is 0 Å². The van der Waals surface area contributed by atoms with Gasteiger partial charge in [-0.15, -0.1) is 24.8 Å². The summed E-state index contributed by atoms with van der Waals surface area (Å²) in [6, 6.07) is 6.55. The molecule has 1 heterocycles. The van der Waals surface area contributed by atoms with Crippen molar-refractivity contribution in [3.63, 3.8) is 0 Å². The molecule has 1 amide bonds. The average Bonchev–Trinajstić information content (AvgIpc) is 2.46. The van der Waals surface area contributed by atoms with E-state index in [2.05, 4.69) is 36.6 Å². The van der Waals surface area contributed by atoms with Crippen molar-refractivity contribution < 1.29 is 4.79 Å². The second-order valence-electron chi connectivity index (χ2n) is 5.61. The summed E-state index contributed by atoms with van der Waals surface area (Å²) in [6.07, 6.45) is 2.09. The van der Waals surface area contributed by atoms with Gasteiger partial charge >= 0.3 is 0 Å². The highest BCUT2D eigenvalue weighted by atomic mass is 35.5. The first-order valence-electron chi connectivity index (χ1n) is 7.36. The van der Waals surface area contributed by atoms with E-state index in [4.69, 9.17) is 0 Å². The van der Waals surface area contributed by atoms with Crippen LogP contribution in [0.2, 0.25) is 0 Å². The van der Waals surface area contributed by atoms with Crippen LogP contribution < -0.4 is 10.6 Å². The molecule has 1 saturated heterocycles. The predicted octanol–water partition coefficient (Wildman–Crippen LogP) is 2.77. The summed E-state index contributed by atoms with van der Waals surface area (Å²) >= 11 is 0. The zero-order chi connectivity index (χ0) is 14.5. The normalized spacial score (nSPS) is 14.5. The Labute approximate surface area is 145 Å². The lowest BCUT2D eigenvalue weighted by atomic mass is 10.1. The molecule has 1 fully saturated rings. The van der Waals surface area contributed by atoms with Crippen LogP contribution in [0.25, 0.3) is 0 Å². The number of anilines is 1. The number of hydrogen-bond acceptors (Lipinski definition) is 3. The van der Waals surface area contributed by atoms with Crippen LogP contribution in [0.3, 0.4) is 0 Å². The Balaban J connectivity index is 0.00000220. The van der Waals surface area contributed by atoms with Crippen molar-refractivity contribution in [2.45, 2.75) is 32.7 Å². The Morgan fingerprint density at radius 1 is 1.23 bits per heavy atom. The lowest BCUT2D eigenvalue weighted by molar-refractivity contribution is -0.130. The van der Waals surface area contributed by atoms with Crippen LogP contribution in [0.4, 0.5) is 5.69 Å². The maximum atomic E-state index is 12.3. The number of nitrogens with one attached hydrogen (secondary N) is 2. The fourth-order valence-corrected chi connectivity index (χ4v) is 2.78. The molecule has 0 spiro atoms. The minimum atomic E-state index is 0. The molecule has 0 bridgehead atoms. The third kappa shape index (κ3) is 5.34. The molecule has 0 atom stereocenters. The van der Waals surface area contributed by atoms with Gasteiger partial charge in [-0.05, 0) is 50.9 Å². The van der Waals surface area contributed by atoms with Crippen LogP contribution in [0, 0.1) is 13.8 Å². The van der Waals surface area contributed by atoms with E-state index in [1.807, 2.05) is 18.0 Å². The number of para-hydroxylation sites is 1. The summed E-state index contributed by atoms with van der Waals surface area (Å²) in [5.74, 6) is 0.166. The van der Waals surface area contributed by atoms with Gasteiger partial charge in [0.2, 0.25) is 5.91 Å². The Kier molecular flexibility index (Phi) is 9.49. The zero-order valence-electron chi connectivity index (χ0n) is 13.5. The highest BCUT2D eigenvalue weighted by Crippen LogP contribution is 2.19. The minimum absolute atomic E-state index is 0. The van der Waals surface area contributed by atoms with Gasteiger partial charge in [0.05, 0.1) is 6.54 Å². The van der Waals surface area contributed by atoms with Crippen molar-refractivity contribution in [2.24, 2.45) is 0 Å². The molecule has 1 aromatic rings. The molecule has 126 valence electrons. The summed E-state index contributed by atoms with van der Waals surface area (Å²) < 4.78 is 0. The number of amides is 1. The van der Waals surface area contributed by atoms with Gasteiger partial charge in [-0.1, -0.05) is 18.2 Å². The van der Waals surface area contributed by atoms with Gasteiger partial charge in [0.15, 0.2) is 0 Å². The SMILES string of the molecule is Cc1cccc(C)c1NCC(=O)N(C)C1CCNCC1.Cl.Cl. The molecule has 4 nitrogen and oxygen atoms in total. The molecule has 2 rings (SSSR count). The Hall–Kier alpha value is -0.970. The molecule has 6 heteroatoms. The second kappa shape index (κ2) is 9.93. The lowest BCUT2D eigenvalue weighted by Gasteiger charge is -2.32. The number of carbonyl (C=O) groups excluding carboxylic acids is 1. The highest BCUT2D eigenvalue weighted by molar-refractivity contribution is 5.85. The summed E-state index contributed by atoms with van der Waals surface area (Å²) in [5.41, 5.74) is 3.45. The molecular formula is C16H27Cl2N3O. The molecule has 22 heavy (non-hydrogen) atoms. The van der Waals surface area contributed by atoms with Crippen LogP contribution in [0.5, 0.6) is 0 Å². The third-order valence-electron chi connectivity index (χ3n) is 4.15. The molecule has 1 aliphatic heterocycles. The number of nitrogens with zero attached hydrogens (tertiary/aromatic N) is 1. The van der Waals surface area contributed by atoms with Crippen molar-refractivity contribution >= 4 is 36.4 Å². The van der Waals surface area contributed by atoms with Crippen molar-refractivity contribution in [2.75, 3.05) is 32.0 Å². The Morgan fingerprint density at radius 3 is 2.32 bits per heavy atom. The van der Waals surface area contributed by atoms with Gasteiger partial charge in [0.1, 0.15) is 0 Å². The van der Waals surface area contributed by atoms with E-state index in [-0.39, 0.29) is 30.7 Å². The first-order chi connectivity index (χ1) is 9.59. The van der Waals surface area contributed by atoms with Gasteiger partial charge in [-0.25, -0.2) is 0 Å². The second-order valence-corrected chi connectivity index (χ2v) is 5.61. The van der Waals surface area contributed by atoms with E-state index in [9.17, 15) is 4.79 Å². The predicted molar refractivity (Wildman–Crippen MR) is 97.6 cm³/mol. The Morgan fingerprint density at radius 2 is 1.77 bits per heavy atom. The van der Waals surface area contributed by atoms with Crippen molar-refractivity contribution in [3.8, 4) is 0 Å². The summed E-state index contributed by atoms with van der Waals surface area (Å²) in [4.78, 5) is 14.2. The molecule has 1 aromatic carbocycles. The molecule has 0 unspecified atom stereocenters. The molecule has 0 aromatic heterocycles. The molecular weight excluding hydrogens is 321 g/mol. The standard InChI is InChI=1S/C16H25N3O.2ClH/c1-12-5-4-6-13(2)16(12)18-11-15(20)19(3)14-7-9-17-10-8-14;;/h4-6,14,17-18H,7-11H2,1-3H3;2*1H. The first kappa shape index (κ1) is 21.0. The number of piperidine rings is 1. The number of hydrogen-bond donors (Lipinski definition) is 2. The summed E-state index contributed by atoms with van der Waals surface area (Å²) in [7, 11) is 1.92. The zero-order valence-corrected chi connectivity index (χ0v) is 15.1. The monoisotopic (exact) mass is 347 g/mol. The first-order valence-corrected chi connectivity index (χ1v) is 7.36. The summed E-state index contributed by atoms with van der Waals surface area (Å²) in [6.45, 7) is 6.51. The van der Waals surface area contributed by atoms with Crippen LogP contribution in [0.15, 0.2) is 18.2 Å². The van der Waals surface area contributed by atoms with E-state index in [0.717, 1.165) is 31.6 Å². The van der Waals surface area contributed by atoms with Crippen molar-refractivity contribution in [1.29, 1.82) is 0 Å². The van der Waals surface area contributed by atoms with Gasteiger partial charge < -0.3 is 15.5 Å². The number of aryl methyl sites for hydroxylation is 2. The van der Waals surface area contributed by atoms with Crippen LogP contribution in [-0.4, -0.2) is 43.5 Å². The smallest absolute Gasteiger partial charge is 0.241 e. The van der Waals surface area contributed by atoms with Crippen LogP contribution >= 0.6 is 24.8 Å². The van der Waals surface area contributed by atoms with Gasteiger partial charge in [-0.3, -0.25) is 4.79 Å². The molecule has 0 radical (unpaired) electrons. The maximum Gasteiger partial charge on any atom is 0.241 e. The number of likely N-dealkylation sites (N-methyl/N-ethyl adjacent to an activating group) is 1. The third-order valence-corrected chi connectivity index (χ3v) is 4.15. The van der Waals surface area contributed by atoms with E-state index < -0.39 is 0 Å². The maximum absolute atomic E-state index is 12.3. The number of benzene rings is 1. The van der Waals surface area contributed by atoms with Crippen molar-refractivity contribution in [3.05, 3.63) is 29.3 Å². The number of carbonyl (C=O) groups is 1. The molecule has 2 N–H and O–H groups in total. The average molecular weight is 348 g/mol. The van der Waals surface area contributed by atoms with Gasteiger partial charge in [0, 0.05) is 18.8 Å². The molecule has 1 aliphatic rings. The van der Waals surface area contributed by atoms with Crippen LogP contribution in [-0.2, 0) is 4.79 Å². The molecule has 0 saturated carbocycles. The Bertz CT molecular complexity index is 456. The topological polar surface area (TPSA) is 44.4 Å². The van der Waals surface area contributed by atoms with Crippen molar-refractivity contribution in [1.82, 2.24) is 10.2 Å². The fraction of sp³-hybridized carbons (Fsp3) is 0.562. The van der Waals surface area contributed by atoms with Crippen LogP contribution in [0.1, 0.15) is 24.0 Å². The number of rotatable bonds is 4. The van der Waals surface area contributed by atoms with Gasteiger partial charge in [-0.2, -0.15) is 0 Å². The number of halogens is 2. The quantitative estimate of drug-likeness (QED) is 0.880. The van der Waals surface area contributed by atoms with E-state index in [1.165, 1.54) is 11.1 Å². The van der Waals surface area contributed by atoms with E-state index in [0.29, 0.717) is 12.6 Å². The molecule has 0 aliphatic carbocycles. The van der Waals surface area contributed by atoms with Gasteiger partial charge in [0.25, 0.3) is 0 Å². The van der Waals surface area contributed by atoms with E-state index in [1.54, 1.807) is 0 Å².